The molecule has 0 aliphatic carbocycles. The summed E-state index contributed by atoms with van der Waals surface area (Å²) in [5, 5.41) is 8.80. The van der Waals surface area contributed by atoms with E-state index in [4.69, 9.17) is 14.7 Å². The standard InChI is InChI=1S/C20H22N2O5S/c1-5-26-17-9-7-16(8-10-17)22(4)28(24,25)18-11-6-14(2)19(12-18)20(23)27-15(3)13-21/h6-12,15H,5H2,1-4H3/t15-/m0/s1. The summed E-state index contributed by atoms with van der Waals surface area (Å²) in [5.41, 5.74) is 1.10. The quantitative estimate of drug-likeness (QED) is 0.659. The molecule has 148 valence electrons. The maximum absolute atomic E-state index is 13.0. The van der Waals surface area contributed by atoms with Gasteiger partial charge in [0.1, 0.15) is 11.8 Å². The average Bonchev–Trinajstić information content (AvgIpc) is 2.68. The van der Waals surface area contributed by atoms with Gasteiger partial charge in [0.15, 0.2) is 6.10 Å². The Morgan fingerprint density at radius 1 is 1.21 bits per heavy atom. The molecule has 2 rings (SSSR count). The van der Waals surface area contributed by atoms with Crippen molar-refractivity contribution < 1.29 is 22.7 Å². The highest BCUT2D eigenvalue weighted by Gasteiger charge is 2.24. The number of rotatable bonds is 7. The number of aryl methyl sites for hydroxylation is 1. The SMILES string of the molecule is CCOc1ccc(N(C)S(=O)(=O)c2ccc(C)c(C(=O)O[C@@H](C)C#N)c2)cc1. The zero-order valence-corrected chi connectivity index (χ0v) is 17.0. The molecule has 0 heterocycles. The molecule has 0 saturated heterocycles. The summed E-state index contributed by atoms with van der Waals surface area (Å²) < 4.78 is 37.5. The summed E-state index contributed by atoms with van der Waals surface area (Å²) in [6.45, 7) is 5.48. The molecule has 0 saturated carbocycles. The number of hydrogen-bond acceptors (Lipinski definition) is 6. The van der Waals surface area contributed by atoms with Crippen molar-refractivity contribution in [3.8, 4) is 11.8 Å². The first kappa shape index (κ1) is 21.3. The van der Waals surface area contributed by atoms with Gasteiger partial charge in [-0.2, -0.15) is 5.26 Å². The number of carbonyl (C=O) groups is 1. The van der Waals surface area contributed by atoms with Crippen molar-refractivity contribution >= 4 is 21.7 Å². The molecule has 0 unspecified atom stereocenters. The van der Waals surface area contributed by atoms with Gasteiger partial charge < -0.3 is 9.47 Å². The molecule has 7 nitrogen and oxygen atoms in total. The lowest BCUT2D eigenvalue weighted by Crippen LogP contribution is -2.27. The number of nitrogens with zero attached hydrogens (tertiary/aromatic N) is 2. The fourth-order valence-corrected chi connectivity index (χ4v) is 3.67. The largest absolute Gasteiger partial charge is 0.494 e. The lowest BCUT2D eigenvalue weighted by molar-refractivity contribution is 0.0434. The van der Waals surface area contributed by atoms with E-state index in [0.717, 1.165) is 4.31 Å². The molecule has 2 aromatic carbocycles. The van der Waals surface area contributed by atoms with Crippen LogP contribution in [0.3, 0.4) is 0 Å². The van der Waals surface area contributed by atoms with E-state index >= 15 is 0 Å². The predicted molar refractivity (Wildman–Crippen MR) is 105 cm³/mol. The third-order valence-corrected chi connectivity index (χ3v) is 5.85. The molecule has 28 heavy (non-hydrogen) atoms. The summed E-state index contributed by atoms with van der Waals surface area (Å²) in [4.78, 5) is 12.2. The Bertz CT molecular complexity index is 994. The second-order valence-electron chi connectivity index (χ2n) is 6.05. The topological polar surface area (TPSA) is 96.7 Å². The van der Waals surface area contributed by atoms with Crippen LogP contribution in [-0.4, -0.2) is 34.1 Å². The number of carbonyl (C=O) groups excluding carboxylic acids is 1. The van der Waals surface area contributed by atoms with Crippen molar-refractivity contribution in [1.29, 1.82) is 5.26 Å². The smallest absolute Gasteiger partial charge is 0.339 e. The number of benzene rings is 2. The van der Waals surface area contributed by atoms with Gasteiger partial charge in [0, 0.05) is 7.05 Å². The van der Waals surface area contributed by atoms with E-state index in [1.54, 1.807) is 37.3 Å². The molecule has 8 heteroatoms. The molecular weight excluding hydrogens is 380 g/mol. The van der Waals surface area contributed by atoms with Gasteiger partial charge >= 0.3 is 5.97 Å². The number of esters is 1. The van der Waals surface area contributed by atoms with Crippen LogP contribution in [-0.2, 0) is 14.8 Å². The van der Waals surface area contributed by atoms with Crippen LogP contribution >= 0.6 is 0 Å². The van der Waals surface area contributed by atoms with E-state index in [9.17, 15) is 13.2 Å². The lowest BCUT2D eigenvalue weighted by Gasteiger charge is -2.20. The Morgan fingerprint density at radius 2 is 1.86 bits per heavy atom. The molecular formula is C20H22N2O5S. The highest BCUT2D eigenvalue weighted by Crippen LogP contribution is 2.26. The number of sulfonamides is 1. The second-order valence-corrected chi connectivity index (χ2v) is 8.02. The normalized spacial score (nSPS) is 12.0. The molecule has 0 N–H and O–H groups in total. The maximum atomic E-state index is 13.0. The van der Waals surface area contributed by atoms with Crippen molar-refractivity contribution in [3.63, 3.8) is 0 Å². The van der Waals surface area contributed by atoms with Crippen LogP contribution in [0.5, 0.6) is 5.75 Å². The second kappa shape index (κ2) is 8.76. The van der Waals surface area contributed by atoms with Gasteiger partial charge in [0.25, 0.3) is 10.0 Å². The van der Waals surface area contributed by atoms with E-state index in [0.29, 0.717) is 23.6 Å². The minimum atomic E-state index is -3.90. The van der Waals surface area contributed by atoms with Crippen LogP contribution in [0.1, 0.15) is 29.8 Å². The molecule has 0 amide bonds. The van der Waals surface area contributed by atoms with E-state index in [1.165, 1.54) is 32.2 Å². The van der Waals surface area contributed by atoms with E-state index in [2.05, 4.69) is 0 Å². The first-order valence-corrected chi connectivity index (χ1v) is 10.1. The monoisotopic (exact) mass is 402 g/mol. The van der Waals surface area contributed by atoms with Crippen molar-refractivity contribution in [2.24, 2.45) is 0 Å². The van der Waals surface area contributed by atoms with Gasteiger partial charge in [-0.1, -0.05) is 6.07 Å². The molecule has 0 fully saturated rings. The Morgan fingerprint density at radius 3 is 2.43 bits per heavy atom. The van der Waals surface area contributed by atoms with Crippen LogP contribution in [0.25, 0.3) is 0 Å². The number of ether oxygens (including phenoxy) is 2. The Labute approximate surface area is 165 Å². The average molecular weight is 402 g/mol. The predicted octanol–water partition coefficient (Wildman–Crippen LogP) is 3.29. The summed E-state index contributed by atoms with van der Waals surface area (Å²) in [7, 11) is -2.47. The molecule has 0 radical (unpaired) electrons. The summed E-state index contributed by atoms with van der Waals surface area (Å²) >= 11 is 0. The Kier molecular flexibility index (Phi) is 6.65. The Balaban J connectivity index is 2.35. The third-order valence-electron chi connectivity index (χ3n) is 4.06. The van der Waals surface area contributed by atoms with E-state index in [-0.39, 0.29) is 10.5 Å². The highest BCUT2D eigenvalue weighted by molar-refractivity contribution is 7.92. The van der Waals surface area contributed by atoms with Crippen molar-refractivity contribution in [1.82, 2.24) is 0 Å². The molecule has 0 aliphatic heterocycles. The van der Waals surface area contributed by atoms with Gasteiger partial charge in [-0.05, 0) is 62.7 Å². The zero-order valence-electron chi connectivity index (χ0n) is 16.2. The van der Waals surface area contributed by atoms with Crippen LogP contribution in [0.2, 0.25) is 0 Å². The van der Waals surface area contributed by atoms with Gasteiger partial charge in [-0.25, -0.2) is 13.2 Å². The molecule has 1 atom stereocenters. The fourth-order valence-electron chi connectivity index (χ4n) is 2.45. The minimum Gasteiger partial charge on any atom is -0.494 e. The van der Waals surface area contributed by atoms with Gasteiger partial charge in [-0.3, -0.25) is 4.31 Å². The number of hydrogen-bond donors (Lipinski definition) is 0. The van der Waals surface area contributed by atoms with Crippen LogP contribution in [0.4, 0.5) is 5.69 Å². The zero-order chi connectivity index (χ0) is 20.9. The lowest BCUT2D eigenvalue weighted by atomic mass is 10.1. The number of nitriles is 1. The van der Waals surface area contributed by atoms with Crippen molar-refractivity contribution in [2.45, 2.75) is 31.8 Å². The van der Waals surface area contributed by atoms with Crippen molar-refractivity contribution in [2.75, 3.05) is 18.0 Å². The molecule has 0 aromatic heterocycles. The van der Waals surface area contributed by atoms with E-state index < -0.39 is 22.1 Å². The van der Waals surface area contributed by atoms with E-state index in [1.807, 2.05) is 6.92 Å². The molecule has 2 aromatic rings. The molecule has 0 spiro atoms. The van der Waals surface area contributed by atoms with Crippen LogP contribution in [0, 0.1) is 18.3 Å². The van der Waals surface area contributed by atoms with Crippen molar-refractivity contribution in [3.05, 3.63) is 53.6 Å². The van der Waals surface area contributed by atoms with Gasteiger partial charge in [0.2, 0.25) is 0 Å². The highest BCUT2D eigenvalue weighted by atomic mass is 32.2. The third kappa shape index (κ3) is 4.61. The van der Waals surface area contributed by atoms with Crippen LogP contribution in [0.15, 0.2) is 47.4 Å². The molecule has 0 aliphatic rings. The summed E-state index contributed by atoms with van der Waals surface area (Å²) in [5.74, 6) is -0.101. The van der Waals surface area contributed by atoms with Gasteiger partial charge in [0.05, 0.1) is 22.8 Å². The van der Waals surface area contributed by atoms with Gasteiger partial charge in [-0.15, -0.1) is 0 Å². The first-order chi connectivity index (χ1) is 13.2. The van der Waals surface area contributed by atoms with Crippen LogP contribution < -0.4 is 9.04 Å². The first-order valence-electron chi connectivity index (χ1n) is 8.63. The Hall–Kier alpha value is -3.05. The summed E-state index contributed by atoms with van der Waals surface area (Å²) in [6.07, 6.45) is -0.932. The molecule has 0 bridgehead atoms. The minimum absolute atomic E-state index is 0.0500. The number of anilines is 1. The maximum Gasteiger partial charge on any atom is 0.339 e. The fraction of sp³-hybridized carbons (Fsp3) is 0.300. The summed E-state index contributed by atoms with van der Waals surface area (Å²) in [6, 6.07) is 12.7.